The fraction of sp³-hybridized carbons (Fsp3) is 0.316. The van der Waals surface area contributed by atoms with E-state index in [1.54, 1.807) is 6.92 Å². The number of hydrogen-bond acceptors (Lipinski definition) is 5. The third-order valence-electron chi connectivity index (χ3n) is 4.24. The summed E-state index contributed by atoms with van der Waals surface area (Å²) in [4.78, 5) is 24.9. The van der Waals surface area contributed by atoms with Gasteiger partial charge in [0, 0.05) is 18.7 Å². The Balaban J connectivity index is 2.09. The normalized spacial score (nSPS) is 11.9. The van der Waals surface area contributed by atoms with Crippen LogP contribution in [-0.4, -0.2) is 35.9 Å². The van der Waals surface area contributed by atoms with E-state index in [-0.39, 0.29) is 17.3 Å². The molecule has 0 fully saturated rings. The summed E-state index contributed by atoms with van der Waals surface area (Å²) in [6, 6.07) is 11.8. The zero-order valence-corrected chi connectivity index (χ0v) is 15.4. The minimum atomic E-state index is -0.512. The average Bonchev–Trinajstić information content (AvgIpc) is 2.62. The van der Waals surface area contributed by atoms with Gasteiger partial charge in [-0.1, -0.05) is 29.8 Å². The lowest BCUT2D eigenvalue weighted by Gasteiger charge is -2.24. The minimum absolute atomic E-state index is 0.109. The first-order chi connectivity index (χ1) is 12.3. The van der Waals surface area contributed by atoms with Gasteiger partial charge in [0.05, 0.1) is 23.8 Å². The van der Waals surface area contributed by atoms with Crippen molar-refractivity contribution in [2.75, 3.05) is 19.5 Å². The highest BCUT2D eigenvalue weighted by Gasteiger charge is 2.21. The molecule has 26 heavy (non-hydrogen) atoms. The van der Waals surface area contributed by atoms with Crippen LogP contribution in [0.4, 0.5) is 11.4 Å². The molecule has 0 spiro atoms. The van der Waals surface area contributed by atoms with E-state index in [4.69, 9.17) is 4.74 Å². The average molecular weight is 357 g/mol. The summed E-state index contributed by atoms with van der Waals surface area (Å²) >= 11 is 0. The van der Waals surface area contributed by atoms with E-state index in [9.17, 15) is 14.9 Å². The van der Waals surface area contributed by atoms with Crippen LogP contribution in [-0.2, 0) is 11.3 Å². The maximum absolute atomic E-state index is 12.6. The molecule has 2 aromatic rings. The molecule has 0 saturated heterocycles. The summed E-state index contributed by atoms with van der Waals surface area (Å²) in [6.45, 7) is 4.42. The largest absolute Gasteiger partial charge is 0.495 e. The molecule has 0 aromatic heterocycles. The Morgan fingerprint density at radius 2 is 1.92 bits per heavy atom. The molecule has 7 heteroatoms. The molecular formula is C19H23N3O4. The molecule has 0 aliphatic rings. The van der Waals surface area contributed by atoms with Crippen molar-refractivity contribution in [2.24, 2.45) is 0 Å². The molecule has 0 saturated carbocycles. The van der Waals surface area contributed by atoms with Gasteiger partial charge in [-0.25, -0.2) is 0 Å². The summed E-state index contributed by atoms with van der Waals surface area (Å²) in [5.41, 5.74) is 2.45. The second-order valence-corrected chi connectivity index (χ2v) is 6.21. The van der Waals surface area contributed by atoms with Gasteiger partial charge in [-0.3, -0.25) is 19.8 Å². The van der Waals surface area contributed by atoms with Crippen molar-refractivity contribution in [1.29, 1.82) is 0 Å². The van der Waals surface area contributed by atoms with Gasteiger partial charge in [0.1, 0.15) is 5.75 Å². The molecule has 0 bridgehead atoms. The maximum Gasteiger partial charge on any atom is 0.271 e. The van der Waals surface area contributed by atoms with E-state index in [0.29, 0.717) is 12.3 Å². The molecule has 138 valence electrons. The van der Waals surface area contributed by atoms with Gasteiger partial charge < -0.3 is 10.1 Å². The second-order valence-electron chi connectivity index (χ2n) is 6.21. The van der Waals surface area contributed by atoms with Crippen LogP contribution in [0.15, 0.2) is 42.5 Å². The number of likely N-dealkylation sites (N-methyl/N-ethyl adjacent to an activating group) is 1. The number of anilines is 1. The highest BCUT2D eigenvalue weighted by molar-refractivity contribution is 5.96. The predicted molar refractivity (Wildman–Crippen MR) is 100 cm³/mol. The first-order valence-corrected chi connectivity index (χ1v) is 8.21. The molecule has 7 nitrogen and oxygen atoms in total. The van der Waals surface area contributed by atoms with Crippen molar-refractivity contribution in [1.82, 2.24) is 4.90 Å². The first kappa shape index (κ1) is 19.4. The summed E-state index contributed by atoms with van der Waals surface area (Å²) < 4.78 is 5.18. The van der Waals surface area contributed by atoms with E-state index >= 15 is 0 Å². The standard InChI is InChI=1S/C19H23N3O4/c1-13-5-7-15(8-6-13)12-21(3)14(2)19(23)20-17-11-16(22(24)25)9-10-18(17)26-4/h5-11,14H,12H2,1-4H3,(H,20,23)/t14-/m0/s1. The SMILES string of the molecule is COc1ccc([N+](=O)[O-])cc1NC(=O)[C@H](C)N(C)Cc1ccc(C)cc1. The van der Waals surface area contributed by atoms with Gasteiger partial charge in [-0.15, -0.1) is 0 Å². The van der Waals surface area contributed by atoms with Crippen LogP contribution in [0.2, 0.25) is 0 Å². The molecular weight excluding hydrogens is 334 g/mol. The second kappa shape index (κ2) is 8.44. The number of carbonyl (C=O) groups excluding carboxylic acids is 1. The first-order valence-electron chi connectivity index (χ1n) is 8.21. The summed E-state index contributed by atoms with van der Waals surface area (Å²) in [7, 11) is 3.30. The molecule has 1 N–H and O–H groups in total. The van der Waals surface area contributed by atoms with E-state index < -0.39 is 11.0 Å². The number of non-ortho nitro benzene ring substituents is 1. The quantitative estimate of drug-likeness (QED) is 0.607. The van der Waals surface area contributed by atoms with Crippen molar-refractivity contribution in [3.8, 4) is 5.75 Å². The summed E-state index contributed by atoms with van der Waals surface area (Å²) in [5, 5.41) is 13.7. The lowest BCUT2D eigenvalue weighted by Crippen LogP contribution is -2.39. The molecule has 0 unspecified atom stereocenters. The molecule has 2 rings (SSSR count). The van der Waals surface area contributed by atoms with Crippen LogP contribution in [0.3, 0.4) is 0 Å². The number of amides is 1. The van der Waals surface area contributed by atoms with Gasteiger partial charge in [0.25, 0.3) is 5.69 Å². The highest BCUT2D eigenvalue weighted by Crippen LogP contribution is 2.29. The molecule has 0 heterocycles. The van der Waals surface area contributed by atoms with Crippen LogP contribution < -0.4 is 10.1 Å². The molecule has 0 radical (unpaired) electrons. The number of benzene rings is 2. The Hall–Kier alpha value is -2.93. The number of methoxy groups -OCH3 is 1. The Kier molecular flexibility index (Phi) is 6.30. The van der Waals surface area contributed by atoms with Crippen LogP contribution in [0.5, 0.6) is 5.75 Å². The smallest absolute Gasteiger partial charge is 0.271 e. The van der Waals surface area contributed by atoms with Crippen LogP contribution >= 0.6 is 0 Å². The number of aryl methyl sites for hydroxylation is 1. The fourth-order valence-electron chi connectivity index (χ4n) is 2.46. The number of nitro groups is 1. The van der Waals surface area contributed by atoms with Crippen LogP contribution in [0, 0.1) is 17.0 Å². The van der Waals surface area contributed by atoms with Crippen LogP contribution in [0.25, 0.3) is 0 Å². The number of nitrogens with one attached hydrogen (secondary N) is 1. The number of nitrogens with zero attached hydrogens (tertiary/aromatic N) is 2. The van der Waals surface area contributed by atoms with Crippen molar-refractivity contribution in [3.05, 3.63) is 63.7 Å². The number of nitro benzene ring substituents is 1. The van der Waals surface area contributed by atoms with Crippen molar-refractivity contribution < 1.29 is 14.5 Å². The number of ether oxygens (including phenoxy) is 1. The van der Waals surface area contributed by atoms with E-state index in [1.807, 2.05) is 43.1 Å². The van der Waals surface area contributed by atoms with Gasteiger partial charge in [0.15, 0.2) is 0 Å². The molecule has 1 atom stereocenters. The lowest BCUT2D eigenvalue weighted by molar-refractivity contribution is -0.384. The number of rotatable bonds is 7. The lowest BCUT2D eigenvalue weighted by atomic mass is 10.1. The zero-order chi connectivity index (χ0) is 19.3. The Bertz CT molecular complexity index is 790. The molecule has 2 aromatic carbocycles. The van der Waals surface area contributed by atoms with E-state index in [2.05, 4.69) is 5.32 Å². The monoisotopic (exact) mass is 357 g/mol. The molecule has 1 amide bonds. The zero-order valence-electron chi connectivity index (χ0n) is 15.4. The molecule has 0 aliphatic carbocycles. The van der Waals surface area contributed by atoms with Crippen molar-refractivity contribution >= 4 is 17.3 Å². The Morgan fingerprint density at radius 3 is 2.50 bits per heavy atom. The third kappa shape index (κ3) is 4.80. The molecule has 0 aliphatic heterocycles. The van der Waals surface area contributed by atoms with E-state index in [0.717, 1.165) is 5.56 Å². The van der Waals surface area contributed by atoms with Crippen LogP contribution in [0.1, 0.15) is 18.1 Å². The third-order valence-corrected chi connectivity index (χ3v) is 4.24. The van der Waals surface area contributed by atoms with Gasteiger partial charge in [-0.05, 0) is 32.5 Å². The van der Waals surface area contributed by atoms with E-state index in [1.165, 1.54) is 30.9 Å². The Morgan fingerprint density at radius 1 is 1.27 bits per heavy atom. The van der Waals surface area contributed by atoms with Gasteiger partial charge >= 0.3 is 0 Å². The number of carbonyl (C=O) groups is 1. The van der Waals surface area contributed by atoms with Gasteiger partial charge in [0.2, 0.25) is 5.91 Å². The van der Waals surface area contributed by atoms with Crippen molar-refractivity contribution in [3.63, 3.8) is 0 Å². The topological polar surface area (TPSA) is 84.7 Å². The van der Waals surface area contributed by atoms with Crippen molar-refractivity contribution in [2.45, 2.75) is 26.4 Å². The highest BCUT2D eigenvalue weighted by atomic mass is 16.6. The fourth-order valence-corrected chi connectivity index (χ4v) is 2.46. The summed E-state index contributed by atoms with van der Waals surface area (Å²) in [6.07, 6.45) is 0. The summed E-state index contributed by atoms with van der Waals surface area (Å²) in [5.74, 6) is 0.107. The predicted octanol–water partition coefficient (Wildman–Crippen LogP) is 3.37. The van der Waals surface area contributed by atoms with Gasteiger partial charge in [-0.2, -0.15) is 0 Å². The number of hydrogen-bond donors (Lipinski definition) is 1. The Labute approximate surface area is 152 Å². The maximum atomic E-state index is 12.6. The minimum Gasteiger partial charge on any atom is -0.495 e.